The molecule has 104 valence electrons. The van der Waals surface area contributed by atoms with E-state index >= 15 is 0 Å². The van der Waals surface area contributed by atoms with Crippen LogP contribution in [0.1, 0.15) is 32.2 Å². The standard InChI is InChI=1S/C16H19N3O/c1-16(7-8-16)14-6-9-17-15-10-13(18-19(14)15)11-2-4-12(20)5-3-11/h2-5,10,14,17,20H,6-9H2,1H3. The zero-order chi connectivity index (χ0) is 13.7. The molecule has 1 aliphatic heterocycles. The van der Waals surface area contributed by atoms with Gasteiger partial charge in [0, 0.05) is 18.2 Å². The van der Waals surface area contributed by atoms with Crippen molar-refractivity contribution in [3.8, 4) is 17.0 Å². The van der Waals surface area contributed by atoms with Crippen LogP contribution in [0.2, 0.25) is 0 Å². The van der Waals surface area contributed by atoms with Crippen molar-refractivity contribution in [3.63, 3.8) is 0 Å². The number of hydrogen-bond acceptors (Lipinski definition) is 3. The van der Waals surface area contributed by atoms with Gasteiger partial charge in [0.1, 0.15) is 11.6 Å². The van der Waals surface area contributed by atoms with Crippen molar-refractivity contribution < 1.29 is 5.11 Å². The van der Waals surface area contributed by atoms with Crippen molar-refractivity contribution in [2.24, 2.45) is 5.41 Å². The van der Waals surface area contributed by atoms with Crippen molar-refractivity contribution in [1.82, 2.24) is 9.78 Å². The van der Waals surface area contributed by atoms with Gasteiger partial charge < -0.3 is 10.4 Å². The molecule has 4 rings (SSSR count). The first-order chi connectivity index (χ1) is 9.66. The lowest BCUT2D eigenvalue weighted by Crippen LogP contribution is -2.28. The summed E-state index contributed by atoms with van der Waals surface area (Å²) in [7, 11) is 0. The number of fused-ring (bicyclic) bond motifs is 1. The summed E-state index contributed by atoms with van der Waals surface area (Å²) >= 11 is 0. The first-order valence-corrected chi connectivity index (χ1v) is 7.29. The third-order valence-corrected chi connectivity index (χ3v) is 4.76. The summed E-state index contributed by atoms with van der Waals surface area (Å²) in [6.07, 6.45) is 3.78. The number of nitrogens with one attached hydrogen (secondary N) is 1. The van der Waals surface area contributed by atoms with Gasteiger partial charge in [0.2, 0.25) is 0 Å². The fraction of sp³-hybridized carbons (Fsp3) is 0.438. The third kappa shape index (κ3) is 1.79. The van der Waals surface area contributed by atoms with Crippen LogP contribution in [-0.2, 0) is 0 Å². The minimum atomic E-state index is 0.291. The minimum absolute atomic E-state index is 0.291. The molecule has 4 nitrogen and oxygen atoms in total. The fourth-order valence-corrected chi connectivity index (χ4v) is 3.17. The summed E-state index contributed by atoms with van der Waals surface area (Å²) < 4.78 is 2.18. The second-order valence-electron chi connectivity index (χ2n) is 6.29. The SMILES string of the molecule is CC1(C2CCNc3cc(-c4ccc(O)cc4)nn32)CC1. The van der Waals surface area contributed by atoms with Gasteiger partial charge in [0.05, 0.1) is 11.7 Å². The van der Waals surface area contributed by atoms with Crippen LogP contribution in [0.15, 0.2) is 30.3 Å². The second kappa shape index (κ2) is 4.01. The number of hydrogen-bond donors (Lipinski definition) is 2. The predicted molar refractivity (Wildman–Crippen MR) is 78.8 cm³/mol. The van der Waals surface area contributed by atoms with Crippen LogP contribution >= 0.6 is 0 Å². The molecule has 1 saturated carbocycles. The molecule has 0 saturated heterocycles. The number of nitrogens with zero attached hydrogens (tertiary/aromatic N) is 2. The summed E-state index contributed by atoms with van der Waals surface area (Å²) in [6, 6.07) is 9.88. The number of aromatic hydroxyl groups is 1. The van der Waals surface area contributed by atoms with E-state index in [1.165, 1.54) is 12.8 Å². The Morgan fingerprint density at radius 1 is 1.30 bits per heavy atom. The first-order valence-electron chi connectivity index (χ1n) is 7.29. The van der Waals surface area contributed by atoms with E-state index in [-0.39, 0.29) is 0 Å². The van der Waals surface area contributed by atoms with Gasteiger partial charge in [-0.05, 0) is 48.9 Å². The molecule has 20 heavy (non-hydrogen) atoms. The van der Waals surface area contributed by atoms with Crippen molar-refractivity contribution >= 4 is 5.82 Å². The largest absolute Gasteiger partial charge is 0.508 e. The number of phenols is 1. The highest BCUT2D eigenvalue weighted by Crippen LogP contribution is 2.56. The van der Waals surface area contributed by atoms with Crippen LogP contribution < -0.4 is 5.32 Å². The summed E-state index contributed by atoms with van der Waals surface area (Å²) in [5, 5.41) is 17.6. The van der Waals surface area contributed by atoms with Crippen molar-refractivity contribution in [2.75, 3.05) is 11.9 Å². The molecule has 0 bridgehead atoms. The molecule has 1 aromatic carbocycles. The Morgan fingerprint density at radius 3 is 2.75 bits per heavy atom. The molecule has 1 unspecified atom stereocenters. The van der Waals surface area contributed by atoms with Crippen molar-refractivity contribution in [2.45, 2.75) is 32.2 Å². The maximum absolute atomic E-state index is 9.38. The summed E-state index contributed by atoms with van der Waals surface area (Å²) in [4.78, 5) is 0. The lowest BCUT2D eigenvalue weighted by molar-refractivity contribution is 0.285. The van der Waals surface area contributed by atoms with Gasteiger partial charge in [-0.25, -0.2) is 4.68 Å². The Bertz CT molecular complexity index is 640. The molecule has 1 atom stereocenters. The van der Waals surface area contributed by atoms with Gasteiger partial charge in [-0.15, -0.1) is 0 Å². The lowest BCUT2D eigenvalue weighted by Gasteiger charge is -2.30. The molecular weight excluding hydrogens is 250 g/mol. The van der Waals surface area contributed by atoms with Crippen LogP contribution in [0, 0.1) is 5.41 Å². The number of anilines is 1. The number of phenolic OH excluding ortho intramolecular Hbond substituents is 1. The average molecular weight is 269 g/mol. The Morgan fingerprint density at radius 2 is 2.05 bits per heavy atom. The highest BCUT2D eigenvalue weighted by molar-refractivity contribution is 5.64. The lowest BCUT2D eigenvalue weighted by atomic mass is 9.95. The van der Waals surface area contributed by atoms with Crippen molar-refractivity contribution in [3.05, 3.63) is 30.3 Å². The van der Waals surface area contributed by atoms with Crippen LogP contribution in [0.5, 0.6) is 5.75 Å². The molecule has 2 aromatic rings. The number of benzene rings is 1. The number of aromatic nitrogens is 2. The molecule has 2 N–H and O–H groups in total. The topological polar surface area (TPSA) is 50.1 Å². The fourth-order valence-electron chi connectivity index (χ4n) is 3.17. The van der Waals surface area contributed by atoms with Crippen LogP contribution in [0.4, 0.5) is 5.82 Å². The van der Waals surface area contributed by atoms with Gasteiger partial charge in [-0.2, -0.15) is 5.10 Å². The second-order valence-corrected chi connectivity index (χ2v) is 6.29. The molecule has 2 heterocycles. The van der Waals surface area contributed by atoms with Gasteiger partial charge in [-0.1, -0.05) is 6.92 Å². The van der Waals surface area contributed by atoms with Crippen LogP contribution in [0.25, 0.3) is 11.3 Å². The predicted octanol–water partition coefficient (Wildman–Crippen LogP) is 3.41. The molecular formula is C16H19N3O. The normalized spacial score (nSPS) is 22.9. The molecule has 0 spiro atoms. The minimum Gasteiger partial charge on any atom is -0.508 e. The maximum atomic E-state index is 9.38. The molecule has 0 radical (unpaired) electrons. The average Bonchev–Trinajstić information content (AvgIpc) is 3.04. The zero-order valence-corrected chi connectivity index (χ0v) is 11.6. The number of rotatable bonds is 2. The quantitative estimate of drug-likeness (QED) is 0.878. The molecule has 2 aliphatic rings. The molecule has 1 aliphatic carbocycles. The Hall–Kier alpha value is -1.97. The monoisotopic (exact) mass is 269 g/mol. The highest BCUT2D eigenvalue weighted by atomic mass is 16.3. The van der Waals surface area contributed by atoms with Gasteiger partial charge in [0.15, 0.2) is 0 Å². The van der Waals surface area contributed by atoms with Crippen LogP contribution in [0.3, 0.4) is 0 Å². The zero-order valence-electron chi connectivity index (χ0n) is 11.6. The Labute approximate surface area is 118 Å². The van der Waals surface area contributed by atoms with E-state index in [4.69, 9.17) is 5.10 Å². The third-order valence-electron chi connectivity index (χ3n) is 4.76. The Kier molecular flexibility index (Phi) is 2.37. The van der Waals surface area contributed by atoms with E-state index in [1.807, 2.05) is 12.1 Å². The van der Waals surface area contributed by atoms with E-state index in [1.54, 1.807) is 12.1 Å². The van der Waals surface area contributed by atoms with E-state index in [9.17, 15) is 5.11 Å². The van der Waals surface area contributed by atoms with Crippen LogP contribution in [-0.4, -0.2) is 21.4 Å². The summed E-state index contributed by atoms with van der Waals surface area (Å²) in [6.45, 7) is 3.40. The van der Waals surface area contributed by atoms with E-state index in [0.29, 0.717) is 17.2 Å². The summed E-state index contributed by atoms with van der Waals surface area (Å²) in [5.74, 6) is 1.41. The molecule has 4 heteroatoms. The Balaban J connectivity index is 1.74. The van der Waals surface area contributed by atoms with E-state index in [0.717, 1.165) is 30.0 Å². The van der Waals surface area contributed by atoms with E-state index < -0.39 is 0 Å². The summed E-state index contributed by atoms with van der Waals surface area (Å²) in [5.41, 5.74) is 2.46. The first kappa shape index (κ1) is 11.8. The maximum Gasteiger partial charge on any atom is 0.125 e. The van der Waals surface area contributed by atoms with Gasteiger partial charge in [0.25, 0.3) is 0 Å². The van der Waals surface area contributed by atoms with Crippen molar-refractivity contribution in [1.29, 1.82) is 0 Å². The van der Waals surface area contributed by atoms with Gasteiger partial charge in [-0.3, -0.25) is 0 Å². The van der Waals surface area contributed by atoms with E-state index in [2.05, 4.69) is 23.0 Å². The van der Waals surface area contributed by atoms with Gasteiger partial charge >= 0.3 is 0 Å². The molecule has 1 fully saturated rings. The molecule has 1 aromatic heterocycles. The smallest absolute Gasteiger partial charge is 0.125 e. The molecule has 0 amide bonds. The highest BCUT2D eigenvalue weighted by Gasteiger charge is 2.47.